The lowest BCUT2D eigenvalue weighted by Gasteiger charge is -2.11. The summed E-state index contributed by atoms with van der Waals surface area (Å²) in [6, 6.07) is 12.9. The Kier molecular flexibility index (Phi) is 3.06. The molecule has 0 aliphatic rings. The molecule has 0 bridgehead atoms. The van der Waals surface area contributed by atoms with Gasteiger partial charge in [0, 0.05) is 15.1 Å². The van der Waals surface area contributed by atoms with Gasteiger partial charge < -0.3 is 5.32 Å². The fraction of sp³-hybridized carbons (Fsp3) is 0.214. The molecular weight excluding hydrogens is 260 g/mol. The predicted octanol–water partition coefficient (Wildman–Crippen LogP) is 4.84. The highest BCUT2D eigenvalue weighted by Gasteiger charge is 2.11. The van der Waals surface area contributed by atoms with Gasteiger partial charge >= 0.3 is 0 Å². The van der Waals surface area contributed by atoms with Gasteiger partial charge in [0.15, 0.2) is 0 Å². The van der Waals surface area contributed by atoms with Crippen LogP contribution in [0.2, 0.25) is 0 Å². The first-order chi connectivity index (χ1) is 8.74. The fourth-order valence-electron chi connectivity index (χ4n) is 1.95. The normalized spacial score (nSPS) is 12.8. The quantitative estimate of drug-likeness (QED) is 0.739. The van der Waals surface area contributed by atoms with E-state index in [1.165, 1.54) is 26.7 Å². The summed E-state index contributed by atoms with van der Waals surface area (Å²) >= 11 is 3.38. The van der Waals surface area contributed by atoms with Crippen LogP contribution >= 0.6 is 22.9 Å². The molecule has 0 saturated carbocycles. The third kappa shape index (κ3) is 2.13. The van der Waals surface area contributed by atoms with E-state index in [0.29, 0.717) is 6.04 Å². The molecule has 92 valence electrons. The highest BCUT2D eigenvalue weighted by molar-refractivity contribution is 7.12. The Morgan fingerprint density at radius 2 is 2.00 bits per heavy atom. The van der Waals surface area contributed by atoms with Crippen molar-refractivity contribution in [3.8, 4) is 0 Å². The molecular formula is C14H14N2S2. The number of aromatic nitrogens is 1. The van der Waals surface area contributed by atoms with E-state index < -0.39 is 0 Å². The number of anilines is 1. The molecule has 0 amide bonds. The zero-order valence-corrected chi connectivity index (χ0v) is 11.9. The lowest BCUT2D eigenvalue weighted by molar-refractivity contribution is 0.915. The lowest BCUT2D eigenvalue weighted by Crippen LogP contribution is -2.03. The van der Waals surface area contributed by atoms with Crippen LogP contribution < -0.4 is 5.32 Å². The Hall–Kier alpha value is -1.39. The number of nitrogens with one attached hydrogen (secondary N) is 1. The Bertz CT molecular complexity index is 669. The first-order valence-electron chi connectivity index (χ1n) is 5.91. The van der Waals surface area contributed by atoms with Gasteiger partial charge in [0.25, 0.3) is 0 Å². The van der Waals surface area contributed by atoms with Crippen LogP contribution in [0.25, 0.3) is 10.9 Å². The second-order valence-electron chi connectivity index (χ2n) is 4.34. The van der Waals surface area contributed by atoms with Crippen LogP contribution in [0.5, 0.6) is 0 Å². The Morgan fingerprint density at radius 1 is 1.17 bits per heavy atom. The van der Waals surface area contributed by atoms with E-state index in [1.807, 2.05) is 17.4 Å². The number of fused-ring (bicyclic) bond motifs is 1. The summed E-state index contributed by atoms with van der Waals surface area (Å²) in [6.45, 7) is 4.34. The van der Waals surface area contributed by atoms with Crippen LogP contribution in [0, 0.1) is 6.92 Å². The van der Waals surface area contributed by atoms with Gasteiger partial charge in [-0.15, -0.1) is 11.3 Å². The summed E-state index contributed by atoms with van der Waals surface area (Å²) < 4.78 is 4.45. The van der Waals surface area contributed by atoms with Crippen LogP contribution in [-0.4, -0.2) is 4.37 Å². The standard InChI is InChI=1S/C14H14N2S2/c1-9-7-8-13(17-9)10(2)15-14-11-5-3-4-6-12(11)16-18-14/h3-8,10,15H,1-2H3. The van der Waals surface area contributed by atoms with Crippen LogP contribution in [0.15, 0.2) is 36.4 Å². The van der Waals surface area contributed by atoms with Crippen molar-refractivity contribution in [1.29, 1.82) is 0 Å². The molecule has 0 saturated heterocycles. The van der Waals surface area contributed by atoms with E-state index in [9.17, 15) is 0 Å². The van der Waals surface area contributed by atoms with Crippen molar-refractivity contribution in [2.75, 3.05) is 5.32 Å². The minimum atomic E-state index is 0.326. The van der Waals surface area contributed by atoms with E-state index >= 15 is 0 Å². The number of thiophene rings is 1. The van der Waals surface area contributed by atoms with Crippen LogP contribution in [0.4, 0.5) is 5.00 Å². The molecule has 1 unspecified atom stereocenters. The minimum Gasteiger partial charge on any atom is -0.368 e. The van der Waals surface area contributed by atoms with Crippen molar-refractivity contribution >= 4 is 38.8 Å². The third-order valence-electron chi connectivity index (χ3n) is 2.92. The van der Waals surface area contributed by atoms with E-state index in [1.54, 1.807) is 0 Å². The van der Waals surface area contributed by atoms with Gasteiger partial charge in [-0.1, -0.05) is 12.1 Å². The summed E-state index contributed by atoms with van der Waals surface area (Å²) in [4.78, 5) is 2.72. The van der Waals surface area contributed by atoms with Crippen molar-refractivity contribution in [3.63, 3.8) is 0 Å². The first kappa shape index (κ1) is 11.7. The second kappa shape index (κ2) is 4.71. The Morgan fingerprint density at radius 3 is 2.78 bits per heavy atom. The second-order valence-corrected chi connectivity index (χ2v) is 6.44. The summed E-state index contributed by atoms with van der Waals surface area (Å²) in [5, 5.41) is 5.93. The molecule has 2 aromatic heterocycles. The number of benzene rings is 1. The molecule has 2 nitrogen and oxygen atoms in total. The van der Waals surface area contributed by atoms with E-state index in [4.69, 9.17) is 0 Å². The lowest BCUT2D eigenvalue weighted by atomic mass is 10.2. The number of rotatable bonds is 3. The molecule has 1 atom stereocenters. The molecule has 2 heterocycles. The molecule has 0 spiro atoms. The maximum Gasteiger partial charge on any atom is 0.117 e. The third-order valence-corrected chi connectivity index (χ3v) is 4.91. The Balaban J connectivity index is 1.88. The van der Waals surface area contributed by atoms with Gasteiger partial charge in [0.2, 0.25) is 0 Å². The molecule has 4 heteroatoms. The average molecular weight is 274 g/mol. The molecule has 18 heavy (non-hydrogen) atoms. The highest BCUT2D eigenvalue weighted by atomic mass is 32.1. The van der Waals surface area contributed by atoms with Gasteiger partial charge in [-0.3, -0.25) is 0 Å². The molecule has 0 aliphatic carbocycles. The van der Waals surface area contributed by atoms with E-state index in [2.05, 4.69) is 53.9 Å². The molecule has 1 aromatic carbocycles. The molecule has 1 N–H and O–H groups in total. The van der Waals surface area contributed by atoms with Crippen LogP contribution in [0.3, 0.4) is 0 Å². The number of aryl methyl sites for hydroxylation is 1. The zero-order valence-electron chi connectivity index (χ0n) is 10.3. The number of hydrogen-bond acceptors (Lipinski definition) is 4. The average Bonchev–Trinajstić information content (AvgIpc) is 2.97. The maximum atomic E-state index is 4.45. The van der Waals surface area contributed by atoms with E-state index in [-0.39, 0.29) is 0 Å². The molecule has 3 aromatic rings. The van der Waals surface area contributed by atoms with Gasteiger partial charge in [-0.2, -0.15) is 4.37 Å². The monoisotopic (exact) mass is 274 g/mol. The smallest absolute Gasteiger partial charge is 0.117 e. The van der Waals surface area contributed by atoms with Crippen molar-refractivity contribution in [1.82, 2.24) is 4.37 Å². The van der Waals surface area contributed by atoms with Crippen LogP contribution in [-0.2, 0) is 0 Å². The van der Waals surface area contributed by atoms with Crippen molar-refractivity contribution < 1.29 is 0 Å². The topological polar surface area (TPSA) is 24.9 Å². The van der Waals surface area contributed by atoms with Gasteiger partial charge in [0.05, 0.1) is 11.6 Å². The maximum absolute atomic E-state index is 4.45. The summed E-state index contributed by atoms with van der Waals surface area (Å²) in [5.74, 6) is 0. The summed E-state index contributed by atoms with van der Waals surface area (Å²) in [7, 11) is 0. The highest BCUT2D eigenvalue weighted by Crippen LogP contribution is 2.32. The molecule has 0 radical (unpaired) electrons. The number of hydrogen-bond donors (Lipinski definition) is 1. The Labute approximate surface area is 114 Å². The molecule has 3 rings (SSSR count). The minimum absolute atomic E-state index is 0.326. The fourth-order valence-corrected chi connectivity index (χ4v) is 3.68. The van der Waals surface area contributed by atoms with Gasteiger partial charge in [-0.25, -0.2) is 0 Å². The largest absolute Gasteiger partial charge is 0.368 e. The predicted molar refractivity (Wildman–Crippen MR) is 80.7 cm³/mol. The summed E-state index contributed by atoms with van der Waals surface area (Å²) in [5.41, 5.74) is 1.07. The van der Waals surface area contributed by atoms with Gasteiger partial charge in [0.1, 0.15) is 5.00 Å². The van der Waals surface area contributed by atoms with Crippen molar-refractivity contribution in [2.24, 2.45) is 0 Å². The first-order valence-corrected chi connectivity index (χ1v) is 7.50. The molecule has 0 aliphatic heterocycles. The van der Waals surface area contributed by atoms with Crippen LogP contribution in [0.1, 0.15) is 22.7 Å². The summed E-state index contributed by atoms with van der Waals surface area (Å²) in [6.07, 6.45) is 0. The molecule has 0 fully saturated rings. The zero-order chi connectivity index (χ0) is 12.5. The van der Waals surface area contributed by atoms with E-state index in [0.717, 1.165) is 10.5 Å². The van der Waals surface area contributed by atoms with Crippen molar-refractivity contribution in [3.05, 3.63) is 46.2 Å². The number of nitrogens with zero attached hydrogens (tertiary/aromatic N) is 1. The van der Waals surface area contributed by atoms with Crippen molar-refractivity contribution in [2.45, 2.75) is 19.9 Å². The van der Waals surface area contributed by atoms with Gasteiger partial charge in [-0.05, 0) is 49.6 Å². The SMILES string of the molecule is Cc1ccc(C(C)Nc2snc3ccccc23)s1.